The smallest absolute Gasteiger partial charge is 0.259 e. The molecular weight excluding hydrogens is 306 g/mol. The lowest BCUT2D eigenvalue weighted by Crippen LogP contribution is -2.32. The van der Waals surface area contributed by atoms with Gasteiger partial charge in [0, 0.05) is 13.6 Å². The topological polar surface area (TPSA) is 84.2 Å². The molecule has 0 saturated carbocycles. The van der Waals surface area contributed by atoms with Gasteiger partial charge < -0.3 is 14.7 Å². The van der Waals surface area contributed by atoms with Gasteiger partial charge in [-0.25, -0.2) is 4.98 Å². The number of nitrogens with one attached hydrogen (secondary N) is 1. The molecule has 0 bridgehead atoms. The van der Waals surface area contributed by atoms with E-state index in [1.807, 2.05) is 18.7 Å². The Kier molecular flexibility index (Phi) is 4.51. The highest BCUT2D eigenvalue weighted by Crippen LogP contribution is 2.34. The Morgan fingerprint density at radius 2 is 2.21 bits per heavy atom. The number of nitrogens with zero attached hydrogens (tertiary/aromatic N) is 4. The van der Waals surface area contributed by atoms with Crippen LogP contribution in [0.4, 0.5) is 5.82 Å². The van der Waals surface area contributed by atoms with Crippen molar-refractivity contribution in [1.82, 2.24) is 20.0 Å². The fourth-order valence-electron chi connectivity index (χ4n) is 3.17. The fraction of sp³-hybridized carbons (Fsp3) is 0.529. The van der Waals surface area contributed by atoms with Gasteiger partial charge in [-0.15, -0.1) is 0 Å². The first-order valence-electron chi connectivity index (χ1n) is 8.29. The summed E-state index contributed by atoms with van der Waals surface area (Å²) in [6.07, 6.45) is 5.24. The van der Waals surface area contributed by atoms with Crippen LogP contribution in [0.25, 0.3) is 0 Å². The van der Waals surface area contributed by atoms with Gasteiger partial charge in [-0.05, 0) is 25.7 Å². The highest BCUT2D eigenvalue weighted by atomic mass is 16.5. The molecule has 1 atom stereocenters. The molecule has 24 heavy (non-hydrogen) atoms. The predicted octanol–water partition coefficient (Wildman–Crippen LogP) is 2.92. The maximum Gasteiger partial charge on any atom is 0.259 e. The molecule has 0 aliphatic carbocycles. The Morgan fingerprint density at radius 3 is 2.92 bits per heavy atom. The Labute approximate surface area is 141 Å². The second-order valence-corrected chi connectivity index (χ2v) is 6.39. The van der Waals surface area contributed by atoms with Gasteiger partial charge in [-0.3, -0.25) is 9.78 Å². The average Bonchev–Trinajstić information content (AvgIpc) is 3.21. The van der Waals surface area contributed by atoms with Crippen LogP contribution in [0.1, 0.15) is 66.2 Å². The highest BCUT2D eigenvalue weighted by Gasteiger charge is 2.35. The van der Waals surface area contributed by atoms with Gasteiger partial charge in [0.05, 0.1) is 29.8 Å². The van der Waals surface area contributed by atoms with E-state index in [2.05, 4.69) is 20.4 Å². The molecule has 0 radical (unpaired) electrons. The maximum absolute atomic E-state index is 13.2. The zero-order chi connectivity index (χ0) is 17.3. The molecule has 7 nitrogen and oxygen atoms in total. The van der Waals surface area contributed by atoms with E-state index >= 15 is 0 Å². The number of likely N-dealkylation sites (tertiary alicyclic amines) is 1. The second kappa shape index (κ2) is 6.59. The van der Waals surface area contributed by atoms with Crippen molar-refractivity contribution in [3.8, 4) is 0 Å². The van der Waals surface area contributed by atoms with Crippen molar-refractivity contribution in [2.45, 2.75) is 45.6 Å². The van der Waals surface area contributed by atoms with Crippen molar-refractivity contribution in [3.63, 3.8) is 0 Å². The first kappa shape index (κ1) is 16.4. The third-order valence-electron chi connectivity index (χ3n) is 4.41. The van der Waals surface area contributed by atoms with E-state index in [1.165, 1.54) is 0 Å². The molecule has 3 heterocycles. The summed E-state index contributed by atoms with van der Waals surface area (Å²) in [6.45, 7) is 6.52. The molecule has 1 aliphatic heterocycles. The van der Waals surface area contributed by atoms with Gasteiger partial charge in [0.25, 0.3) is 5.91 Å². The van der Waals surface area contributed by atoms with Gasteiger partial charge in [-0.2, -0.15) is 0 Å². The fourth-order valence-corrected chi connectivity index (χ4v) is 3.17. The van der Waals surface area contributed by atoms with E-state index in [4.69, 9.17) is 4.52 Å². The Balaban J connectivity index is 1.93. The van der Waals surface area contributed by atoms with Crippen LogP contribution in [0.5, 0.6) is 0 Å². The minimum absolute atomic E-state index is 0.0309. The third kappa shape index (κ3) is 2.86. The first-order chi connectivity index (χ1) is 11.5. The first-order valence-corrected chi connectivity index (χ1v) is 8.29. The number of aromatic nitrogens is 3. The van der Waals surface area contributed by atoms with E-state index in [9.17, 15) is 4.79 Å². The Bertz CT molecular complexity index is 740. The summed E-state index contributed by atoms with van der Waals surface area (Å²) in [5.74, 6) is 1.38. The zero-order valence-corrected chi connectivity index (χ0v) is 14.5. The van der Waals surface area contributed by atoms with Crippen molar-refractivity contribution < 1.29 is 9.32 Å². The van der Waals surface area contributed by atoms with E-state index < -0.39 is 0 Å². The predicted molar refractivity (Wildman–Crippen MR) is 89.9 cm³/mol. The van der Waals surface area contributed by atoms with Crippen LogP contribution < -0.4 is 5.32 Å². The number of anilines is 1. The molecule has 128 valence electrons. The lowest BCUT2D eigenvalue weighted by atomic mass is 10.0. The molecule has 3 rings (SSSR count). The molecule has 7 heteroatoms. The van der Waals surface area contributed by atoms with Crippen molar-refractivity contribution in [2.24, 2.45) is 0 Å². The van der Waals surface area contributed by atoms with Crippen LogP contribution in [0.3, 0.4) is 0 Å². The van der Waals surface area contributed by atoms with Crippen molar-refractivity contribution in [1.29, 1.82) is 0 Å². The van der Waals surface area contributed by atoms with Gasteiger partial charge in [0.15, 0.2) is 0 Å². The van der Waals surface area contributed by atoms with Gasteiger partial charge >= 0.3 is 0 Å². The summed E-state index contributed by atoms with van der Waals surface area (Å²) in [7, 11) is 1.81. The number of hydrogen-bond acceptors (Lipinski definition) is 6. The molecule has 2 aromatic heterocycles. The van der Waals surface area contributed by atoms with Crippen molar-refractivity contribution >= 4 is 11.7 Å². The number of rotatable bonds is 4. The minimum atomic E-state index is -0.0624. The Hall–Kier alpha value is -2.44. The van der Waals surface area contributed by atoms with Crippen LogP contribution in [0.15, 0.2) is 16.9 Å². The maximum atomic E-state index is 13.2. The Morgan fingerprint density at radius 1 is 1.42 bits per heavy atom. The van der Waals surface area contributed by atoms with Crippen molar-refractivity contribution in [2.75, 3.05) is 18.9 Å². The minimum Gasteiger partial charge on any atom is -0.372 e. The van der Waals surface area contributed by atoms with E-state index in [0.29, 0.717) is 23.7 Å². The van der Waals surface area contributed by atoms with Gasteiger partial charge in [0.2, 0.25) is 0 Å². The number of aryl methyl sites for hydroxylation is 1. The number of amides is 1. The zero-order valence-electron chi connectivity index (χ0n) is 14.5. The number of carbonyl (C=O) groups is 1. The largest absolute Gasteiger partial charge is 0.372 e. The molecule has 1 N–H and O–H groups in total. The molecule has 0 spiro atoms. The summed E-state index contributed by atoms with van der Waals surface area (Å²) >= 11 is 0. The van der Waals surface area contributed by atoms with Crippen molar-refractivity contribution in [3.05, 3.63) is 35.1 Å². The standard InChI is InChI=1S/C17H23N5O2/c1-10(2)16-15(11(3)24-21-16)17(23)22-7-5-6-13(22)12-8-19-9-14(18-4)20-12/h8-10,13H,5-7H2,1-4H3,(H,18,20)/t13-/m0/s1. The molecule has 2 aromatic rings. The molecule has 1 aliphatic rings. The van der Waals surface area contributed by atoms with Crippen LogP contribution in [0.2, 0.25) is 0 Å². The van der Waals surface area contributed by atoms with E-state index in [-0.39, 0.29) is 17.9 Å². The van der Waals surface area contributed by atoms with Crippen LogP contribution in [0, 0.1) is 6.92 Å². The summed E-state index contributed by atoms with van der Waals surface area (Å²) < 4.78 is 5.28. The lowest BCUT2D eigenvalue weighted by Gasteiger charge is -2.24. The molecule has 0 unspecified atom stereocenters. The SMILES string of the molecule is CNc1cncc([C@@H]2CCCN2C(=O)c2c(C(C)C)noc2C)n1. The number of hydrogen-bond donors (Lipinski definition) is 1. The summed E-state index contributed by atoms with van der Waals surface area (Å²) in [4.78, 5) is 23.8. The second-order valence-electron chi connectivity index (χ2n) is 6.39. The van der Waals surface area contributed by atoms with E-state index in [1.54, 1.807) is 26.4 Å². The quantitative estimate of drug-likeness (QED) is 0.928. The third-order valence-corrected chi connectivity index (χ3v) is 4.41. The molecule has 1 fully saturated rings. The van der Waals surface area contributed by atoms with Gasteiger partial charge in [0.1, 0.15) is 17.1 Å². The lowest BCUT2D eigenvalue weighted by molar-refractivity contribution is 0.0729. The van der Waals surface area contributed by atoms with Crippen LogP contribution in [-0.2, 0) is 0 Å². The highest BCUT2D eigenvalue weighted by molar-refractivity contribution is 5.96. The number of carbonyl (C=O) groups excluding carboxylic acids is 1. The normalized spacial score (nSPS) is 17.5. The summed E-state index contributed by atoms with van der Waals surface area (Å²) in [5, 5.41) is 7.07. The van der Waals surface area contributed by atoms with Crippen LogP contribution in [-0.4, -0.2) is 39.5 Å². The van der Waals surface area contributed by atoms with Gasteiger partial charge in [-0.1, -0.05) is 19.0 Å². The molecule has 1 saturated heterocycles. The average molecular weight is 329 g/mol. The molecule has 1 amide bonds. The van der Waals surface area contributed by atoms with E-state index in [0.717, 1.165) is 24.2 Å². The summed E-state index contributed by atoms with van der Waals surface area (Å²) in [6, 6.07) is -0.0624. The molecular formula is C17H23N5O2. The summed E-state index contributed by atoms with van der Waals surface area (Å²) in [5.41, 5.74) is 2.13. The monoisotopic (exact) mass is 329 g/mol. The van der Waals surface area contributed by atoms with Crippen LogP contribution >= 0.6 is 0 Å². The molecule has 0 aromatic carbocycles.